The Labute approximate surface area is 202 Å². The molecule has 11 nitrogen and oxygen atoms in total. The van der Waals surface area contributed by atoms with E-state index in [0.29, 0.717) is 10.8 Å². The number of halogens is 3. The van der Waals surface area contributed by atoms with Gasteiger partial charge in [-0.15, -0.1) is 0 Å². The Morgan fingerprint density at radius 3 is 1.79 bits per heavy atom. The van der Waals surface area contributed by atoms with Crippen molar-refractivity contribution in [2.45, 2.75) is 27.0 Å². The van der Waals surface area contributed by atoms with Crippen LogP contribution in [0, 0.1) is 5.41 Å². The van der Waals surface area contributed by atoms with Gasteiger partial charge in [-0.2, -0.15) is 5.10 Å². The van der Waals surface area contributed by atoms with Gasteiger partial charge in [-0.05, 0) is 24.3 Å². The maximum absolute atomic E-state index is 12.5. The quantitative estimate of drug-likeness (QED) is 0.373. The van der Waals surface area contributed by atoms with Gasteiger partial charge in [-0.3, -0.25) is 4.79 Å². The van der Waals surface area contributed by atoms with E-state index in [1.165, 1.54) is 17.3 Å². The molecule has 0 bridgehead atoms. The Morgan fingerprint density at radius 1 is 1.00 bits per heavy atom. The van der Waals surface area contributed by atoms with E-state index in [2.05, 4.69) is 10.1 Å². The minimum atomic E-state index is -0.848. The van der Waals surface area contributed by atoms with E-state index in [1.807, 2.05) is 20.8 Å². The average molecular weight is 497 g/mol. The predicted octanol–water partition coefficient (Wildman–Crippen LogP) is -8.20. The van der Waals surface area contributed by atoms with Crippen molar-refractivity contribution < 1.29 is 67.2 Å². The zero-order chi connectivity index (χ0) is 14.8. The van der Waals surface area contributed by atoms with E-state index in [4.69, 9.17) is 16.3 Å². The summed E-state index contributed by atoms with van der Waals surface area (Å²) >= 11 is 5.83. The summed E-state index contributed by atoms with van der Waals surface area (Å²) in [5, 5.41) is 4.61. The van der Waals surface area contributed by atoms with E-state index in [-0.39, 0.29) is 86.5 Å². The Kier molecular flexibility index (Phi) is 38.7. The summed E-state index contributed by atoms with van der Waals surface area (Å²) in [7, 11) is 0. The fraction of sp³-hybridized carbons (Fsp3) is 0.357. The van der Waals surface area contributed by atoms with Crippen molar-refractivity contribution in [3.8, 4) is 5.75 Å². The normalized spacial score (nSPS) is 8.97. The molecule has 2 aromatic rings. The van der Waals surface area contributed by atoms with Crippen molar-refractivity contribution in [2.75, 3.05) is 0 Å². The molecule has 0 spiro atoms. The first-order valence-electron chi connectivity index (χ1n) is 6.18. The molecule has 1 aromatic heterocycles. The molecule has 15 heteroatoms. The van der Waals surface area contributed by atoms with Crippen molar-refractivity contribution in [3.05, 3.63) is 41.9 Å². The largest absolute Gasteiger partial charge is 2.00 e. The van der Waals surface area contributed by atoms with Crippen LogP contribution in [-0.2, 0) is 4.79 Å². The van der Waals surface area contributed by atoms with Gasteiger partial charge in [0.2, 0.25) is 5.78 Å². The summed E-state index contributed by atoms with van der Waals surface area (Å²) < 4.78 is 7.16. The van der Waals surface area contributed by atoms with Crippen molar-refractivity contribution in [3.63, 3.8) is 0 Å². The summed E-state index contributed by atoms with van der Waals surface area (Å²) in [6.45, 7) is 5.51. The first-order valence-corrected chi connectivity index (χ1v) is 6.56. The zero-order valence-corrected chi connectivity index (χ0v) is 19.7. The van der Waals surface area contributed by atoms with E-state index in [1.54, 1.807) is 24.3 Å². The van der Waals surface area contributed by atoms with Crippen LogP contribution in [0.2, 0.25) is 5.02 Å². The number of carbonyl (C=O) groups is 1. The molecule has 0 amide bonds. The molecule has 1 atom stereocenters. The second kappa shape index (κ2) is 21.9. The second-order valence-electron chi connectivity index (χ2n) is 5.41. The third kappa shape index (κ3) is 14.8. The summed E-state index contributed by atoms with van der Waals surface area (Å²) in [4.78, 5) is 16.4. The number of aromatic nitrogens is 3. The van der Waals surface area contributed by atoms with Gasteiger partial charge < -0.3 is 62.4 Å². The van der Waals surface area contributed by atoms with Crippen LogP contribution in [0.5, 0.6) is 5.75 Å². The molecule has 0 aliphatic carbocycles. The minimum Gasteiger partial charge on any atom is -1.00 e. The van der Waals surface area contributed by atoms with Crippen molar-refractivity contribution in [1.29, 1.82) is 0 Å². The van der Waals surface area contributed by atoms with Gasteiger partial charge in [0.1, 0.15) is 18.4 Å². The molecule has 0 fully saturated rings. The number of carbonyl (C=O) groups excluding carboxylic acids is 1. The third-order valence-electron chi connectivity index (χ3n) is 2.70. The van der Waals surface area contributed by atoms with Crippen LogP contribution in [0.25, 0.3) is 0 Å². The van der Waals surface area contributed by atoms with Gasteiger partial charge in [-0.1, -0.05) is 32.4 Å². The summed E-state index contributed by atoms with van der Waals surface area (Å²) in [6.07, 6.45) is 1.98. The van der Waals surface area contributed by atoms with E-state index in [0.717, 1.165) is 0 Å². The molecule has 1 heterocycles. The summed E-state index contributed by atoms with van der Waals surface area (Å²) in [6, 6.07) is 6.83. The maximum Gasteiger partial charge on any atom is 2.00 e. The number of rotatable bonds is 4. The number of hydrogen-bond acceptors (Lipinski definition) is 4. The van der Waals surface area contributed by atoms with E-state index >= 15 is 0 Å². The first-order chi connectivity index (χ1) is 9.38. The van der Waals surface area contributed by atoms with Gasteiger partial charge in [0.15, 0.2) is 0 Å². The summed E-state index contributed by atoms with van der Waals surface area (Å²) in [5.41, 5.74) is -0.553. The van der Waals surface area contributed by atoms with Gasteiger partial charge in [0.05, 0.1) is 0 Å². The van der Waals surface area contributed by atoms with Gasteiger partial charge in [-0.25, -0.2) is 9.67 Å². The molecule has 2 rings (SSSR count). The fourth-order valence-electron chi connectivity index (χ4n) is 1.58. The molecule has 1 aromatic carbocycles. The predicted molar refractivity (Wildman–Crippen MR) is 103 cm³/mol. The number of nitrogens with zero attached hydrogens (tertiary/aromatic N) is 3. The van der Waals surface area contributed by atoms with E-state index in [9.17, 15) is 4.79 Å². The first kappa shape index (κ1) is 51.1. The van der Waals surface area contributed by atoms with Gasteiger partial charge in [0, 0.05) is 10.4 Å². The van der Waals surface area contributed by atoms with Crippen molar-refractivity contribution >= 4 is 40.4 Å². The van der Waals surface area contributed by atoms with Gasteiger partial charge in [0.25, 0.3) is 6.23 Å². The molecule has 0 aliphatic rings. The summed E-state index contributed by atoms with van der Waals surface area (Å²) in [5.74, 6) is 0.463. The second-order valence-corrected chi connectivity index (χ2v) is 5.85. The standard InChI is InChI=1S/C14H16ClN3O2.2ClH.Mg.6H2O/c1-14(2,3)12(19)13(18-9-16-8-17-18)20-11-6-4-10(15)5-7-11;;;;;;;;;/h4-9,13H,1-3H3;2*1H;;6*1H2/q;;;+2;;;;;;/p-2. The molecule has 12 N–H and O–H groups in total. The number of benzene rings is 1. The fourth-order valence-corrected chi connectivity index (χ4v) is 1.70. The topological polar surface area (TPSA) is 246 Å². The molecule has 29 heavy (non-hydrogen) atoms. The molecule has 0 radical (unpaired) electrons. The smallest absolute Gasteiger partial charge is 1.00 e. The van der Waals surface area contributed by atoms with Crippen molar-refractivity contribution in [2.24, 2.45) is 5.41 Å². The number of ketones is 1. The minimum absolute atomic E-state index is 0. The maximum atomic E-state index is 12.5. The molecule has 0 saturated carbocycles. The molecule has 1 unspecified atom stereocenters. The Hall–Kier alpha value is -0.774. The molecule has 0 saturated heterocycles. The van der Waals surface area contributed by atoms with Crippen LogP contribution in [0.3, 0.4) is 0 Å². The van der Waals surface area contributed by atoms with Crippen LogP contribution in [0.1, 0.15) is 27.0 Å². The SMILES string of the molecule is CC(C)(C)C(=O)C(Oc1ccc(Cl)cc1)n1cncn1.O.O.O.O.O.O.[Cl-].[Cl-].[Mg+2]. The zero-order valence-electron chi connectivity index (χ0n) is 16.0. The molecule has 170 valence electrons. The van der Waals surface area contributed by atoms with E-state index < -0.39 is 11.6 Å². The third-order valence-corrected chi connectivity index (χ3v) is 2.95. The Balaban J connectivity index is -0.0000000817. The Morgan fingerprint density at radius 2 is 1.45 bits per heavy atom. The number of hydrogen-bond donors (Lipinski definition) is 0. The molecular formula is C14H28Cl3MgN3O8. The number of ether oxygens (including phenoxy) is 1. The monoisotopic (exact) mass is 495 g/mol. The van der Waals surface area contributed by atoms with Crippen LogP contribution in [0.15, 0.2) is 36.9 Å². The average Bonchev–Trinajstić information content (AvgIpc) is 2.90. The number of Topliss-reactive ketones (excluding diaryl/α,β-unsaturated/α-hetero) is 1. The van der Waals surface area contributed by atoms with Crippen LogP contribution >= 0.6 is 11.6 Å². The molecular weight excluding hydrogens is 469 g/mol. The van der Waals surface area contributed by atoms with Crippen LogP contribution < -0.4 is 29.6 Å². The Bertz CT molecular complexity index is 601. The van der Waals surface area contributed by atoms with Crippen LogP contribution in [-0.4, -0.2) is 76.5 Å². The van der Waals surface area contributed by atoms with Crippen LogP contribution in [0.4, 0.5) is 0 Å². The van der Waals surface area contributed by atoms with Gasteiger partial charge >= 0.3 is 23.1 Å². The molecule has 0 aliphatic heterocycles. The van der Waals surface area contributed by atoms with Crippen molar-refractivity contribution in [1.82, 2.24) is 14.8 Å².